The van der Waals surface area contributed by atoms with E-state index in [-0.39, 0.29) is 42.7 Å². The summed E-state index contributed by atoms with van der Waals surface area (Å²) in [4.78, 5) is 21.8. The van der Waals surface area contributed by atoms with Crippen LogP contribution in [0.3, 0.4) is 0 Å². The van der Waals surface area contributed by atoms with Gasteiger partial charge in [-0.15, -0.1) is 4.28 Å². The third-order valence-electron chi connectivity index (χ3n) is 8.31. The van der Waals surface area contributed by atoms with Crippen LogP contribution in [0.1, 0.15) is 30.9 Å². The number of nitrogens with zero attached hydrogens (tertiary/aromatic N) is 4. The molecule has 260 valence electrons. The molecule has 0 unspecified atom stereocenters. The van der Waals surface area contributed by atoms with E-state index in [0.717, 1.165) is 11.1 Å². The molecular weight excluding hydrogens is 651 g/mol. The van der Waals surface area contributed by atoms with Crippen molar-refractivity contribution in [1.29, 1.82) is 0 Å². The first-order valence-electron chi connectivity index (χ1n) is 15.7. The lowest BCUT2D eigenvalue weighted by Crippen LogP contribution is -2.43. The minimum absolute atomic E-state index is 0.00801. The lowest BCUT2D eigenvalue weighted by Gasteiger charge is -2.29. The Kier molecular flexibility index (Phi) is 10.8. The monoisotopic (exact) mass is 691 g/mol. The zero-order chi connectivity index (χ0) is 34.6. The fourth-order valence-corrected chi connectivity index (χ4v) is 6.61. The van der Waals surface area contributed by atoms with Gasteiger partial charge in [-0.3, -0.25) is 0 Å². The zero-order valence-corrected chi connectivity index (χ0v) is 27.9. The van der Waals surface area contributed by atoms with Crippen LogP contribution in [-0.4, -0.2) is 87.7 Å². The highest BCUT2D eigenvalue weighted by molar-refractivity contribution is 7.86. The molecule has 48 heavy (non-hydrogen) atoms. The van der Waals surface area contributed by atoms with Crippen molar-refractivity contribution in [3.05, 3.63) is 65.7 Å². The minimum Gasteiger partial charge on any atom is -0.394 e. The number of hydrogen-bond donors (Lipinski definition) is 2. The number of urea groups is 1. The number of hydrogen-bond acceptors (Lipinski definition) is 9. The molecule has 2 amide bonds. The molecule has 2 aromatic carbocycles. The summed E-state index contributed by atoms with van der Waals surface area (Å²) in [5.74, 6) is 0.340. The predicted molar refractivity (Wildman–Crippen MR) is 175 cm³/mol. The van der Waals surface area contributed by atoms with Crippen molar-refractivity contribution < 1.29 is 40.5 Å². The van der Waals surface area contributed by atoms with E-state index in [0.29, 0.717) is 54.1 Å². The topological polar surface area (TPSA) is 125 Å². The normalized spacial score (nSPS) is 17.8. The van der Waals surface area contributed by atoms with Crippen LogP contribution in [0.5, 0.6) is 0 Å². The number of benzene rings is 2. The zero-order valence-electron chi connectivity index (χ0n) is 27.0. The Labute approximate surface area is 278 Å². The second-order valence-electron chi connectivity index (χ2n) is 12.3. The summed E-state index contributed by atoms with van der Waals surface area (Å²) in [5, 5.41) is 13.5. The van der Waals surface area contributed by atoms with E-state index in [9.17, 15) is 31.5 Å². The number of carbonyl (C=O) groups excluding carboxylic acids is 1. The number of ether oxygens (including phenoxy) is 1. The maximum absolute atomic E-state index is 13.9. The molecule has 0 saturated carbocycles. The van der Waals surface area contributed by atoms with Crippen LogP contribution < -0.4 is 15.3 Å². The Morgan fingerprint density at radius 3 is 2.48 bits per heavy atom. The van der Waals surface area contributed by atoms with E-state index < -0.39 is 34.7 Å². The molecule has 1 aromatic heterocycles. The van der Waals surface area contributed by atoms with Crippen LogP contribution >= 0.6 is 0 Å². The van der Waals surface area contributed by atoms with Crippen LogP contribution in [0.15, 0.2) is 59.5 Å². The van der Waals surface area contributed by atoms with Gasteiger partial charge >= 0.3 is 22.3 Å². The summed E-state index contributed by atoms with van der Waals surface area (Å²) in [6.07, 6.45) is -5.33. The molecule has 0 spiro atoms. The van der Waals surface area contributed by atoms with Crippen LogP contribution in [0.25, 0.3) is 11.1 Å². The van der Waals surface area contributed by atoms with Crippen LogP contribution in [0.4, 0.5) is 35.3 Å². The van der Waals surface area contributed by atoms with Gasteiger partial charge in [0.1, 0.15) is 11.6 Å². The van der Waals surface area contributed by atoms with Crippen molar-refractivity contribution in [3.63, 3.8) is 0 Å². The van der Waals surface area contributed by atoms with Gasteiger partial charge in [-0.2, -0.15) is 26.7 Å². The quantitative estimate of drug-likeness (QED) is 0.265. The average Bonchev–Trinajstić information content (AvgIpc) is 3.51. The third kappa shape index (κ3) is 8.75. The van der Waals surface area contributed by atoms with Gasteiger partial charge in [0.05, 0.1) is 30.4 Å². The second-order valence-corrected chi connectivity index (χ2v) is 13.8. The van der Waals surface area contributed by atoms with Gasteiger partial charge in [0.15, 0.2) is 0 Å². The molecule has 15 heteroatoms. The summed E-state index contributed by atoms with van der Waals surface area (Å²) in [6.45, 7) is 7.42. The summed E-state index contributed by atoms with van der Waals surface area (Å²) < 4.78 is 77.5. The van der Waals surface area contributed by atoms with E-state index in [1.54, 1.807) is 37.3 Å². The van der Waals surface area contributed by atoms with Crippen molar-refractivity contribution in [2.24, 2.45) is 5.92 Å². The number of hydroxylamine groups is 1. The number of alkyl halides is 3. The number of pyridine rings is 1. The molecule has 0 radical (unpaired) electrons. The van der Waals surface area contributed by atoms with E-state index in [2.05, 4.69) is 10.2 Å². The summed E-state index contributed by atoms with van der Waals surface area (Å²) in [5.41, 5.74) is 3.00. The predicted octanol–water partition coefficient (Wildman–Crippen LogP) is 5.52. The lowest BCUT2D eigenvalue weighted by atomic mass is 10.00. The van der Waals surface area contributed by atoms with Crippen molar-refractivity contribution in [3.8, 4) is 11.1 Å². The van der Waals surface area contributed by atoms with Crippen molar-refractivity contribution in [2.75, 3.05) is 61.3 Å². The van der Waals surface area contributed by atoms with E-state index >= 15 is 0 Å². The van der Waals surface area contributed by atoms with Gasteiger partial charge in [0.25, 0.3) is 0 Å². The van der Waals surface area contributed by atoms with E-state index in [1.165, 1.54) is 23.1 Å². The molecule has 2 N–H and O–H groups in total. The van der Waals surface area contributed by atoms with Crippen LogP contribution in [0, 0.1) is 19.8 Å². The molecule has 0 aliphatic carbocycles. The maximum atomic E-state index is 13.9. The first-order valence-corrected chi connectivity index (χ1v) is 17.1. The molecule has 3 aromatic rings. The first-order chi connectivity index (χ1) is 22.7. The summed E-state index contributed by atoms with van der Waals surface area (Å²) in [7, 11) is -4.54. The lowest BCUT2D eigenvalue weighted by molar-refractivity contribution is -0.143. The standard InChI is InChI=1S/C33H40F3N5O6S/c1-22-4-8-28(9-5-22)48(44,45)47-41(32(43)40-11-10-25(20-40)19-33(34,35)36)27-7-6-23(2)29(18-27)26-16-30(37-24(3)21-42)38-31(17-26)39-12-14-46-15-13-39/h4-9,16-18,24-25,42H,10-15,19-21H2,1-3H3,(H,37,38)/t24-,25+/m1/s1. The van der Waals surface area contributed by atoms with Gasteiger partial charge in [-0.05, 0) is 86.2 Å². The molecule has 2 aliphatic rings. The Balaban J connectivity index is 1.55. The first kappa shape index (κ1) is 35.4. The van der Waals surface area contributed by atoms with E-state index in [1.807, 2.05) is 19.9 Å². The Hall–Kier alpha value is -3.92. The highest BCUT2D eigenvalue weighted by Crippen LogP contribution is 2.35. The van der Waals surface area contributed by atoms with Crippen LogP contribution in [0.2, 0.25) is 0 Å². The highest BCUT2D eigenvalue weighted by atomic mass is 32.2. The summed E-state index contributed by atoms with van der Waals surface area (Å²) >= 11 is 0. The molecule has 2 fully saturated rings. The summed E-state index contributed by atoms with van der Waals surface area (Å²) in [6, 6.07) is 13.2. The largest absolute Gasteiger partial charge is 0.394 e. The molecule has 5 rings (SSSR count). The number of aromatic nitrogens is 1. The average molecular weight is 692 g/mol. The van der Waals surface area contributed by atoms with Crippen molar-refractivity contribution in [2.45, 2.75) is 50.7 Å². The molecule has 2 atom stereocenters. The van der Waals surface area contributed by atoms with Gasteiger partial charge in [0.2, 0.25) is 0 Å². The molecular formula is C33H40F3N5O6S. The Morgan fingerprint density at radius 1 is 1.10 bits per heavy atom. The smallest absolute Gasteiger partial charge is 0.389 e. The number of amides is 2. The number of carbonyl (C=O) groups is 1. The Bertz CT molecular complexity index is 1700. The minimum atomic E-state index is -4.54. The highest BCUT2D eigenvalue weighted by Gasteiger charge is 2.39. The number of nitrogens with one attached hydrogen (secondary N) is 1. The number of aliphatic hydroxyl groups excluding tert-OH is 1. The second kappa shape index (κ2) is 14.7. The molecule has 2 saturated heterocycles. The fraction of sp³-hybridized carbons (Fsp3) is 0.455. The van der Waals surface area contributed by atoms with E-state index in [4.69, 9.17) is 14.0 Å². The number of aryl methyl sites for hydroxylation is 2. The SMILES string of the molecule is Cc1ccc(S(=O)(=O)ON(C(=O)N2CC[C@@H](CC(F)(F)F)C2)c2ccc(C)c(-c3cc(N[C@H](C)CO)nc(N4CCOCC4)c3)c2)cc1. The molecule has 3 heterocycles. The van der Waals surface area contributed by atoms with Gasteiger partial charge < -0.3 is 25.0 Å². The van der Waals surface area contributed by atoms with Crippen LogP contribution in [-0.2, 0) is 19.1 Å². The fourth-order valence-electron chi connectivity index (χ4n) is 5.71. The van der Waals surface area contributed by atoms with Gasteiger partial charge in [-0.25, -0.2) is 9.78 Å². The van der Waals surface area contributed by atoms with Gasteiger partial charge in [-0.1, -0.05) is 23.8 Å². The third-order valence-corrected chi connectivity index (χ3v) is 9.51. The molecule has 0 bridgehead atoms. The number of likely N-dealkylation sites (tertiary alicyclic amines) is 1. The number of anilines is 3. The number of halogens is 3. The van der Waals surface area contributed by atoms with Gasteiger partial charge in [0, 0.05) is 38.6 Å². The molecule has 11 nitrogen and oxygen atoms in total. The number of rotatable bonds is 10. The number of morpholine rings is 1. The maximum Gasteiger partial charge on any atom is 0.389 e. The van der Waals surface area contributed by atoms with Crippen molar-refractivity contribution >= 4 is 33.5 Å². The number of aliphatic hydroxyl groups is 1. The Morgan fingerprint density at radius 2 is 1.81 bits per heavy atom. The molecule has 2 aliphatic heterocycles. The van der Waals surface area contributed by atoms with Crippen molar-refractivity contribution in [1.82, 2.24) is 9.88 Å².